The van der Waals surface area contributed by atoms with Crippen molar-refractivity contribution in [2.24, 2.45) is 5.73 Å². The van der Waals surface area contributed by atoms with Gasteiger partial charge in [-0.3, -0.25) is 14.4 Å². The van der Waals surface area contributed by atoms with E-state index in [9.17, 15) is 22.8 Å². The van der Waals surface area contributed by atoms with Crippen molar-refractivity contribution in [3.63, 3.8) is 0 Å². The molecular formula is C20H22N4O5S. The largest absolute Gasteiger partial charge is 0.369 e. The van der Waals surface area contributed by atoms with Crippen molar-refractivity contribution < 1.29 is 22.8 Å². The van der Waals surface area contributed by atoms with Gasteiger partial charge < -0.3 is 11.1 Å². The number of benzene rings is 1. The first kappa shape index (κ1) is 21.6. The molecule has 1 aliphatic heterocycles. The number of hydrogen-bond donors (Lipinski definition) is 2. The molecule has 3 N–H and O–H groups in total. The summed E-state index contributed by atoms with van der Waals surface area (Å²) in [6.45, 7) is -0.272. The highest BCUT2D eigenvalue weighted by Crippen LogP contribution is 2.20. The lowest BCUT2D eigenvalue weighted by molar-refractivity contribution is -0.133. The molecule has 1 fully saturated rings. The average molecular weight is 430 g/mol. The molecule has 1 aromatic carbocycles. The molecule has 10 heteroatoms. The number of pyridine rings is 1. The van der Waals surface area contributed by atoms with E-state index in [4.69, 9.17) is 5.73 Å². The Morgan fingerprint density at radius 1 is 1.13 bits per heavy atom. The van der Waals surface area contributed by atoms with Crippen LogP contribution in [0.3, 0.4) is 0 Å². The van der Waals surface area contributed by atoms with Gasteiger partial charge in [-0.1, -0.05) is 36.4 Å². The second-order valence-electron chi connectivity index (χ2n) is 6.92. The van der Waals surface area contributed by atoms with Crippen molar-refractivity contribution in [1.29, 1.82) is 0 Å². The van der Waals surface area contributed by atoms with Crippen LogP contribution in [-0.4, -0.2) is 54.4 Å². The highest BCUT2D eigenvalue weighted by Gasteiger charge is 2.35. The summed E-state index contributed by atoms with van der Waals surface area (Å²) in [5.74, 6) is -3.22. The number of amides is 2. The van der Waals surface area contributed by atoms with Crippen molar-refractivity contribution in [2.45, 2.75) is 29.8 Å². The van der Waals surface area contributed by atoms with Gasteiger partial charge in [-0.15, -0.1) is 0 Å². The van der Waals surface area contributed by atoms with Crippen molar-refractivity contribution in [1.82, 2.24) is 14.6 Å². The zero-order chi connectivity index (χ0) is 21.7. The van der Waals surface area contributed by atoms with Crippen molar-refractivity contribution in [3.05, 3.63) is 60.3 Å². The first-order valence-electron chi connectivity index (χ1n) is 9.39. The molecule has 0 radical (unpaired) electrons. The van der Waals surface area contributed by atoms with Crippen LogP contribution >= 0.6 is 0 Å². The Kier molecular flexibility index (Phi) is 6.58. The molecular weight excluding hydrogens is 408 g/mol. The number of ketones is 1. The summed E-state index contributed by atoms with van der Waals surface area (Å²) in [6.07, 6.45) is 1.97. The first-order valence-corrected chi connectivity index (χ1v) is 10.8. The topological polar surface area (TPSA) is 140 Å². The fourth-order valence-electron chi connectivity index (χ4n) is 3.33. The fourth-order valence-corrected chi connectivity index (χ4v) is 4.71. The maximum Gasteiger partial charge on any atom is 0.260 e. The maximum atomic E-state index is 12.8. The van der Waals surface area contributed by atoms with Crippen LogP contribution in [0.5, 0.6) is 0 Å². The lowest BCUT2D eigenvalue weighted by atomic mass is 9.96. The van der Waals surface area contributed by atoms with Crippen LogP contribution in [0.15, 0.2) is 59.8 Å². The van der Waals surface area contributed by atoms with Gasteiger partial charge in [-0.2, -0.15) is 4.31 Å². The summed E-state index contributed by atoms with van der Waals surface area (Å²) in [7, 11) is -3.93. The van der Waals surface area contributed by atoms with Gasteiger partial charge in [0.05, 0.1) is 12.6 Å². The SMILES string of the molecule is NC(=O)[C@@H](C(=O)NC1CCCN(S(=O)(=O)c2ccccn2)CC1=O)c1ccccc1. The predicted octanol–water partition coefficient (Wildman–Crippen LogP) is 0.189. The Morgan fingerprint density at radius 2 is 1.83 bits per heavy atom. The predicted molar refractivity (Wildman–Crippen MR) is 108 cm³/mol. The number of hydrogen-bond acceptors (Lipinski definition) is 6. The molecule has 1 aromatic heterocycles. The Bertz CT molecular complexity index is 1030. The van der Waals surface area contributed by atoms with Gasteiger partial charge in [0.1, 0.15) is 5.92 Å². The zero-order valence-electron chi connectivity index (χ0n) is 16.1. The molecule has 0 aliphatic carbocycles. The molecule has 1 aliphatic rings. The van der Waals surface area contributed by atoms with E-state index in [1.54, 1.807) is 42.5 Å². The molecule has 30 heavy (non-hydrogen) atoms. The minimum Gasteiger partial charge on any atom is -0.369 e. The molecule has 3 rings (SSSR count). The van der Waals surface area contributed by atoms with Gasteiger partial charge in [-0.05, 0) is 30.5 Å². The Morgan fingerprint density at radius 3 is 2.47 bits per heavy atom. The van der Waals surface area contributed by atoms with E-state index in [0.717, 1.165) is 4.31 Å². The van der Waals surface area contributed by atoms with Gasteiger partial charge in [0.2, 0.25) is 11.8 Å². The second kappa shape index (κ2) is 9.14. The minimum atomic E-state index is -3.93. The third kappa shape index (κ3) is 4.71. The highest BCUT2D eigenvalue weighted by molar-refractivity contribution is 7.89. The van der Waals surface area contributed by atoms with Crippen LogP contribution in [0.1, 0.15) is 24.3 Å². The lowest BCUT2D eigenvalue weighted by Crippen LogP contribution is -2.47. The normalized spacial score (nSPS) is 18.9. The van der Waals surface area contributed by atoms with E-state index in [1.807, 2.05) is 0 Å². The number of nitrogens with one attached hydrogen (secondary N) is 1. The van der Waals surface area contributed by atoms with Gasteiger partial charge in [-0.25, -0.2) is 13.4 Å². The van der Waals surface area contributed by atoms with Gasteiger partial charge in [0.15, 0.2) is 10.8 Å². The third-order valence-corrected chi connectivity index (χ3v) is 6.62. The maximum absolute atomic E-state index is 12.8. The summed E-state index contributed by atoms with van der Waals surface area (Å²) in [5.41, 5.74) is 5.82. The van der Waals surface area contributed by atoms with Gasteiger partial charge in [0, 0.05) is 12.7 Å². The Hall–Kier alpha value is -3.11. The molecule has 0 spiro atoms. The fraction of sp³-hybridized carbons (Fsp3) is 0.300. The monoisotopic (exact) mass is 430 g/mol. The van der Waals surface area contributed by atoms with Crippen LogP contribution in [0.4, 0.5) is 0 Å². The number of carbonyl (C=O) groups excluding carboxylic acids is 3. The van der Waals surface area contributed by atoms with E-state index in [1.165, 1.54) is 12.3 Å². The standard InChI is InChI=1S/C20H22N4O5S/c21-19(26)18(14-7-2-1-3-8-14)20(27)23-15-9-6-12-24(13-16(15)25)30(28,29)17-10-4-5-11-22-17/h1-5,7-8,10-11,15,18H,6,9,12-13H2,(H2,21,26)(H,23,27)/t15?,18-/m0/s1. The average Bonchev–Trinajstić information content (AvgIpc) is 2.91. The first-order chi connectivity index (χ1) is 14.3. The van der Waals surface area contributed by atoms with Crippen molar-refractivity contribution in [2.75, 3.05) is 13.1 Å². The second-order valence-corrected chi connectivity index (χ2v) is 8.81. The minimum absolute atomic E-state index is 0.120. The zero-order valence-corrected chi connectivity index (χ0v) is 16.9. The van der Waals surface area contributed by atoms with E-state index in [2.05, 4.69) is 10.3 Å². The molecule has 2 amide bonds. The number of nitrogens with two attached hydrogens (primary N) is 1. The Balaban J connectivity index is 1.74. The quantitative estimate of drug-likeness (QED) is 0.627. The highest BCUT2D eigenvalue weighted by atomic mass is 32.2. The Labute approximate surface area is 174 Å². The number of primary amides is 1. The number of carbonyl (C=O) groups is 3. The summed E-state index contributed by atoms with van der Waals surface area (Å²) >= 11 is 0. The van der Waals surface area contributed by atoms with Crippen LogP contribution in [0.2, 0.25) is 0 Å². The van der Waals surface area contributed by atoms with E-state index >= 15 is 0 Å². The molecule has 2 aromatic rings. The van der Waals surface area contributed by atoms with E-state index < -0.39 is 46.1 Å². The molecule has 9 nitrogen and oxygen atoms in total. The van der Waals surface area contributed by atoms with E-state index in [-0.39, 0.29) is 18.0 Å². The molecule has 1 unspecified atom stereocenters. The number of sulfonamides is 1. The number of aromatic nitrogens is 1. The van der Waals surface area contributed by atoms with Crippen LogP contribution in [-0.2, 0) is 24.4 Å². The smallest absolute Gasteiger partial charge is 0.260 e. The molecule has 158 valence electrons. The molecule has 0 saturated carbocycles. The van der Waals surface area contributed by atoms with Crippen molar-refractivity contribution in [3.8, 4) is 0 Å². The summed E-state index contributed by atoms with van der Waals surface area (Å²) in [6, 6.07) is 11.9. The van der Waals surface area contributed by atoms with Crippen molar-refractivity contribution >= 4 is 27.6 Å². The lowest BCUT2D eigenvalue weighted by Gasteiger charge is -2.20. The summed E-state index contributed by atoms with van der Waals surface area (Å²) < 4.78 is 26.6. The van der Waals surface area contributed by atoms with Crippen LogP contribution in [0.25, 0.3) is 0 Å². The molecule has 0 bridgehead atoms. The van der Waals surface area contributed by atoms with Gasteiger partial charge >= 0.3 is 0 Å². The van der Waals surface area contributed by atoms with Gasteiger partial charge in [0.25, 0.3) is 10.0 Å². The number of Topliss-reactive ketones (excluding diaryl/α,β-unsaturated/α-hetero) is 1. The van der Waals surface area contributed by atoms with Crippen LogP contribution < -0.4 is 11.1 Å². The number of nitrogens with zero attached hydrogens (tertiary/aromatic N) is 2. The molecule has 2 atom stereocenters. The molecule has 2 heterocycles. The molecule has 1 saturated heterocycles. The third-order valence-electron chi connectivity index (χ3n) is 4.86. The van der Waals surface area contributed by atoms with Crippen LogP contribution in [0, 0.1) is 0 Å². The number of rotatable bonds is 6. The summed E-state index contributed by atoms with van der Waals surface area (Å²) in [5, 5.41) is 2.43. The summed E-state index contributed by atoms with van der Waals surface area (Å²) in [4.78, 5) is 41.1. The van der Waals surface area contributed by atoms with E-state index in [0.29, 0.717) is 12.0 Å².